The topological polar surface area (TPSA) is 121 Å². The summed E-state index contributed by atoms with van der Waals surface area (Å²) in [7, 11) is 2.92. The number of carbonyl (C=O) groups is 3. The number of ether oxygens (including phenoxy) is 4. The molecule has 0 aliphatic carbocycles. The van der Waals surface area contributed by atoms with E-state index in [9.17, 15) is 14.4 Å². The first-order valence-electron chi connectivity index (χ1n) is 10.6. The van der Waals surface area contributed by atoms with Gasteiger partial charge in [-0.3, -0.25) is 9.78 Å². The van der Waals surface area contributed by atoms with Crippen molar-refractivity contribution in [2.24, 2.45) is 0 Å². The Balaban J connectivity index is 0.00000199. The van der Waals surface area contributed by atoms with Gasteiger partial charge in [0.15, 0.2) is 18.1 Å². The van der Waals surface area contributed by atoms with Crippen molar-refractivity contribution < 1.29 is 38.4 Å². The minimum absolute atomic E-state index is 0.0735. The van der Waals surface area contributed by atoms with Gasteiger partial charge < -0.3 is 24.1 Å². The quantitative estimate of drug-likeness (QED) is 0.364. The molecule has 0 saturated heterocycles. The number of nitrogens with zero attached hydrogens (tertiary/aromatic N) is 1. The summed E-state index contributed by atoms with van der Waals surface area (Å²) in [6.07, 6.45) is 1.28. The van der Waals surface area contributed by atoms with Crippen molar-refractivity contribution in [3.63, 3.8) is 0 Å². The Labute approximate surface area is 197 Å². The minimum Gasteiger partial charge on any atom is -0.493 e. The van der Waals surface area contributed by atoms with Crippen molar-refractivity contribution in [1.82, 2.24) is 4.98 Å². The molecule has 3 aromatic rings. The zero-order valence-corrected chi connectivity index (χ0v) is 19.7. The number of hydrogen-bond acceptors (Lipinski definition) is 8. The SMILES string of the molecule is CC.CCOC(=O)c1cnc(C(=O)c2cccc(OCC(=O)O)c2)c2cc(OC)c(OC)cc12. The Morgan fingerprint density at radius 3 is 2.21 bits per heavy atom. The Kier molecular flexibility index (Phi) is 9.37. The van der Waals surface area contributed by atoms with Gasteiger partial charge >= 0.3 is 11.9 Å². The lowest BCUT2D eigenvalue weighted by atomic mass is 9.99. The Morgan fingerprint density at radius 1 is 0.971 bits per heavy atom. The lowest BCUT2D eigenvalue weighted by Crippen LogP contribution is -2.12. The third-order valence-electron chi connectivity index (χ3n) is 4.56. The first kappa shape index (κ1) is 26.1. The zero-order valence-electron chi connectivity index (χ0n) is 19.7. The first-order valence-corrected chi connectivity index (χ1v) is 10.6. The van der Waals surface area contributed by atoms with Crippen LogP contribution in [-0.4, -0.2) is 55.2 Å². The number of benzene rings is 2. The Hall–Kier alpha value is -4.14. The van der Waals surface area contributed by atoms with Gasteiger partial charge in [-0.1, -0.05) is 26.0 Å². The van der Waals surface area contributed by atoms with E-state index < -0.39 is 24.3 Å². The van der Waals surface area contributed by atoms with Gasteiger partial charge in [-0.25, -0.2) is 9.59 Å². The molecule has 2 aromatic carbocycles. The van der Waals surface area contributed by atoms with E-state index in [-0.39, 0.29) is 29.2 Å². The zero-order chi connectivity index (χ0) is 25.3. The highest BCUT2D eigenvalue weighted by Gasteiger charge is 2.22. The van der Waals surface area contributed by atoms with Crippen molar-refractivity contribution in [2.45, 2.75) is 20.8 Å². The second-order valence-corrected chi connectivity index (χ2v) is 6.53. The molecular formula is C25H27NO8. The molecule has 34 heavy (non-hydrogen) atoms. The number of methoxy groups -OCH3 is 2. The monoisotopic (exact) mass is 469 g/mol. The van der Waals surface area contributed by atoms with Gasteiger partial charge in [0.2, 0.25) is 5.78 Å². The second kappa shape index (κ2) is 12.2. The second-order valence-electron chi connectivity index (χ2n) is 6.53. The van der Waals surface area contributed by atoms with Gasteiger partial charge in [-0.15, -0.1) is 0 Å². The molecule has 0 amide bonds. The van der Waals surface area contributed by atoms with Crippen molar-refractivity contribution in [2.75, 3.05) is 27.4 Å². The summed E-state index contributed by atoms with van der Waals surface area (Å²) in [5, 5.41) is 9.57. The predicted molar refractivity (Wildman–Crippen MR) is 125 cm³/mol. The molecule has 0 radical (unpaired) electrons. The first-order chi connectivity index (χ1) is 16.4. The molecule has 0 bridgehead atoms. The summed E-state index contributed by atoms with van der Waals surface area (Å²) in [5.74, 6) is -1.21. The fraction of sp³-hybridized carbons (Fsp3) is 0.280. The number of carboxylic acid groups (broad SMARTS) is 1. The Bertz CT molecular complexity index is 1190. The molecule has 1 aromatic heterocycles. The Morgan fingerprint density at radius 2 is 1.62 bits per heavy atom. The van der Waals surface area contributed by atoms with Crippen LogP contribution in [0.3, 0.4) is 0 Å². The van der Waals surface area contributed by atoms with Crippen molar-refractivity contribution in [3.05, 3.63) is 59.4 Å². The van der Waals surface area contributed by atoms with Crippen molar-refractivity contribution in [1.29, 1.82) is 0 Å². The lowest BCUT2D eigenvalue weighted by molar-refractivity contribution is -0.139. The summed E-state index contributed by atoms with van der Waals surface area (Å²) < 4.78 is 21.0. The minimum atomic E-state index is -1.13. The standard InChI is InChI=1S/C23H21NO8.C2H6/c1-4-31-23(28)17-11-24-21(16-10-19(30-3)18(29-2)9-15(16)17)22(27)13-6-5-7-14(8-13)32-12-20(25)26;1-2/h5-11H,4,12H2,1-3H3,(H,25,26);1-2H3. The maximum absolute atomic E-state index is 13.3. The number of aliphatic carboxylic acids is 1. The van der Waals surface area contributed by atoms with Gasteiger partial charge in [-0.05, 0) is 31.2 Å². The molecule has 1 N–H and O–H groups in total. The normalized spacial score (nSPS) is 10.0. The van der Waals surface area contributed by atoms with Crippen LogP contribution < -0.4 is 14.2 Å². The van der Waals surface area contributed by atoms with Crippen LogP contribution in [0.25, 0.3) is 10.8 Å². The number of pyridine rings is 1. The summed E-state index contributed by atoms with van der Waals surface area (Å²) in [6, 6.07) is 9.27. The number of hydrogen-bond donors (Lipinski definition) is 1. The van der Waals surface area contributed by atoms with E-state index in [1.165, 1.54) is 26.5 Å². The van der Waals surface area contributed by atoms with Crippen LogP contribution in [0.1, 0.15) is 47.2 Å². The molecular weight excluding hydrogens is 442 g/mol. The van der Waals surface area contributed by atoms with Crippen LogP contribution in [0.4, 0.5) is 0 Å². The molecule has 9 heteroatoms. The number of ketones is 1. The summed E-state index contributed by atoms with van der Waals surface area (Å²) in [5.41, 5.74) is 0.489. The highest BCUT2D eigenvalue weighted by atomic mass is 16.5. The van der Waals surface area contributed by atoms with E-state index >= 15 is 0 Å². The molecule has 0 spiro atoms. The van der Waals surface area contributed by atoms with Crippen LogP contribution in [0.2, 0.25) is 0 Å². The van der Waals surface area contributed by atoms with Gasteiger partial charge in [0.25, 0.3) is 0 Å². The fourth-order valence-electron chi connectivity index (χ4n) is 3.13. The van der Waals surface area contributed by atoms with Gasteiger partial charge in [0.05, 0.1) is 26.4 Å². The molecule has 0 unspecified atom stereocenters. The van der Waals surface area contributed by atoms with Crippen molar-refractivity contribution in [3.8, 4) is 17.2 Å². The van der Waals surface area contributed by atoms with Gasteiger partial charge in [0, 0.05) is 22.5 Å². The van der Waals surface area contributed by atoms with Crippen LogP contribution in [-0.2, 0) is 9.53 Å². The molecule has 3 rings (SSSR count). The lowest BCUT2D eigenvalue weighted by Gasteiger charge is -2.14. The van der Waals surface area contributed by atoms with Crippen LogP contribution in [0.5, 0.6) is 17.2 Å². The maximum Gasteiger partial charge on any atom is 0.341 e. The molecule has 9 nitrogen and oxygen atoms in total. The van der Waals surface area contributed by atoms with E-state index in [1.807, 2.05) is 13.8 Å². The van der Waals surface area contributed by atoms with Crippen LogP contribution in [0, 0.1) is 0 Å². The molecule has 0 fully saturated rings. The highest BCUT2D eigenvalue weighted by molar-refractivity contribution is 6.18. The number of rotatable bonds is 9. The third-order valence-corrected chi connectivity index (χ3v) is 4.56. The van der Waals surface area contributed by atoms with E-state index in [1.54, 1.807) is 37.3 Å². The average Bonchev–Trinajstić information content (AvgIpc) is 2.86. The van der Waals surface area contributed by atoms with Crippen LogP contribution in [0.15, 0.2) is 42.6 Å². The number of carbonyl (C=O) groups excluding carboxylic acids is 2. The molecule has 180 valence electrons. The largest absolute Gasteiger partial charge is 0.493 e. The maximum atomic E-state index is 13.3. The van der Waals surface area contributed by atoms with Gasteiger partial charge in [-0.2, -0.15) is 0 Å². The number of fused-ring (bicyclic) bond motifs is 1. The smallest absolute Gasteiger partial charge is 0.341 e. The number of carboxylic acids is 1. The van der Waals surface area contributed by atoms with E-state index in [4.69, 9.17) is 24.1 Å². The van der Waals surface area contributed by atoms with Gasteiger partial charge in [0.1, 0.15) is 11.4 Å². The summed E-state index contributed by atoms with van der Waals surface area (Å²) in [4.78, 5) is 40.7. The number of esters is 1. The summed E-state index contributed by atoms with van der Waals surface area (Å²) >= 11 is 0. The van der Waals surface area contributed by atoms with E-state index in [0.717, 1.165) is 0 Å². The fourth-order valence-corrected chi connectivity index (χ4v) is 3.13. The van der Waals surface area contributed by atoms with Crippen molar-refractivity contribution >= 4 is 28.5 Å². The molecule has 0 saturated carbocycles. The molecule has 0 atom stereocenters. The van der Waals surface area contributed by atoms with Crippen LogP contribution >= 0.6 is 0 Å². The molecule has 1 heterocycles. The third kappa shape index (κ3) is 5.80. The average molecular weight is 469 g/mol. The van der Waals surface area contributed by atoms with E-state index in [2.05, 4.69) is 4.98 Å². The molecule has 0 aliphatic rings. The molecule has 0 aliphatic heterocycles. The van der Waals surface area contributed by atoms with E-state index in [0.29, 0.717) is 22.3 Å². The summed E-state index contributed by atoms with van der Waals surface area (Å²) in [6.45, 7) is 5.33. The highest BCUT2D eigenvalue weighted by Crippen LogP contribution is 2.35. The predicted octanol–water partition coefficient (Wildman–Crippen LogP) is 4.15. The number of aromatic nitrogens is 1.